The molecule has 6 nitrogen and oxygen atoms in total. The molecule has 94 valence electrons. The van der Waals surface area contributed by atoms with Crippen molar-refractivity contribution in [3.63, 3.8) is 0 Å². The quantitative estimate of drug-likeness (QED) is 0.654. The summed E-state index contributed by atoms with van der Waals surface area (Å²) >= 11 is 0. The van der Waals surface area contributed by atoms with E-state index in [0.717, 1.165) is 13.1 Å². The molecular weight excluding hydrogens is 210 g/mol. The predicted molar refractivity (Wildman–Crippen MR) is 60.1 cm³/mol. The maximum absolute atomic E-state index is 11.4. The number of carbonyl (C=O) groups excluding carboxylic acids is 1. The van der Waals surface area contributed by atoms with E-state index in [4.69, 9.17) is 10.5 Å². The van der Waals surface area contributed by atoms with Crippen LogP contribution in [-0.4, -0.2) is 73.0 Å². The number of carbonyl (C=O) groups is 1. The van der Waals surface area contributed by atoms with Gasteiger partial charge in [0.15, 0.2) is 0 Å². The number of aliphatic hydroxyl groups excluding tert-OH is 1. The number of nitrogens with zero attached hydrogens (tertiary/aromatic N) is 2. The molecular formula is C10H21N3O3. The van der Waals surface area contributed by atoms with Crippen LogP contribution in [0, 0.1) is 0 Å². The van der Waals surface area contributed by atoms with Crippen molar-refractivity contribution in [3.05, 3.63) is 0 Å². The van der Waals surface area contributed by atoms with E-state index in [0.29, 0.717) is 26.2 Å². The van der Waals surface area contributed by atoms with Crippen LogP contribution in [0.15, 0.2) is 0 Å². The normalized spacial score (nSPS) is 19.6. The summed E-state index contributed by atoms with van der Waals surface area (Å²) in [7, 11) is 0. The Morgan fingerprint density at radius 1 is 1.44 bits per heavy atom. The Kier molecular flexibility index (Phi) is 5.51. The number of β-amino-alcohol motifs (C(OH)–C–C–N with tert-alkyl or cyclic N) is 1. The summed E-state index contributed by atoms with van der Waals surface area (Å²) < 4.78 is 4.92. The molecule has 1 atom stereocenters. The van der Waals surface area contributed by atoms with Crippen LogP contribution in [0.25, 0.3) is 0 Å². The highest BCUT2D eigenvalue weighted by Gasteiger charge is 2.22. The minimum atomic E-state index is -0.478. The van der Waals surface area contributed by atoms with Gasteiger partial charge in [-0.25, -0.2) is 4.79 Å². The van der Waals surface area contributed by atoms with E-state index < -0.39 is 6.10 Å². The number of nitrogens with two attached hydrogens (primary N) is 1. The number of hydrogen-bond donors (Lipinski definition) is 2. The predicted octanol–water partition coefficient (Wildman–Crippen LogP) is -0.920. The molecule has 0 aliphatic carbocycles. The summed E-state index contributed by atoms with van der Waals surface area (Å²) in [6.07, 6.45) is -0.726. The van der Waals surface area contributed by atoms with Crippen LogP contribution in [0.2, 0.25) is 0 Å². The van der Waals surface area contributed by atoms with E-state index in [-0.39, 0.29) is 12.6 Å². The van der Waals surface area contributed by atoms with Crippen molar-refractivity contribution < 1.29 is 14.6 Å². The smallest absolute Gasteiger partial charge is 0.409 e. The molecule has 1 aliphatic heterocycles. The average Bonchev–Trinajstić information content (AvgIpc) is 2.30. The number of piperazine rings is 1. The van der Waals surface area contributed by atoms with E-state index in [1.807, 2.05) is 0 Å². The third kappa shape index (κ3) is 3.96. The Balaban J connectivity index is 2.25. The molecule has 0 spiro atoms. The zero-order valence-corrected chi connectivity index (χ0v) is 9.76. The van der Waals surface area contributed by atoms with E-state index in [1.165, 1.54) is 0 Å². The molecule has 1 rings (SSSR count). The summed E-state index contributed by atoms with van der Waals surface area (Å²) in [5, 5.41) is 9.40. The molecule has 1 amide bonds. The van der Waals surface area contributed by atoms with Gasteiger partial charge in [0, 0.05) is 39.3 Å². The van der Waals surface area contributed by atoms with Crippen LogP contribution in [0.1, 0.15) is 6.92 Å². The maximum Gasteiger partial charge on any atom is 0.409 e. The van der Waals surface area contributed by atoms with E-state index >= 15 is 0 Å². The summed E-state index contributed by atoms with van der Waals surface area (Å²) in [5.41, 5.74) is 5.34. The molecule has 3 N–H and O–H groups in total. The van der Waals surface area contributed by atoms with Crippen molar-refractivity contribution in [2.45, 2.75) is 13.0 Å². The Labute approximate surface area is 95.9 Å². The molecule has 0 aromatic carbocycles. The number of amides is 1. The van der Waals surface area contributed by atoms with Gasteiger partial charge >= 0.3 is 6.09 Å². The number of hydrogen-bond acceptors (Lipinski definition) is 5. The van der Waals surface area contributed by atoms with Gasteiger partial charge < -0.3 is 20.5 Å². The standard InChI is InChI=1S/C10H21N3O3/c1-2-16-10(15)13-5-3-12(4-6-13)8-9(14)7-11/h9,14H,2-8,11H2,1H3. The summed E-state index contributed by atoms with van der Waals surface area (Å²) in [6.45, 7) is 5.87. The van der Waals surface area contributed by atoms with Gasteiger partial charge in [0.2, 0.25) is 0 Å². The van der Waals surface area contributed by atoms with Gasteiger partial charge in [0.25, 0.3) is 0 Å². The van der Waals surface area contributed by atoms with Crippen molar-refractivity contribution in [2.75, 3.05) is 45.9 Å². The zero-order chi connectivity index (χ0) is 12.0. The van der Waals surface area contributed by atoms with Crippen LogP contribution < -0.4 is 5.73 Å². The lowest BCUT2D eigenvalue weighted by atomic mass is 10.2. The monoisotopic (exact) mass is 231 g/mol. The molecule has 1 unspecified atom stereocenters. The van der Waals surface area contributed by atoms with Crippen LogP contribution in [0.3, 0.4) is 0 Å². The first kappa shape index (κ1) is 13.2. The fourth-order valence-electron chi connectivity index (χ4n) is 1.70. The van der Waals surface area contributed by atoms with Gasteiger partial charge in [-0.1, -0.05) is 0 Å². The largest absolute Gasteiger partial charge is 0.450 e. The Morgan fingerprint density at radius 3 is 2.56 bits per heavy atom. The molecule has 1 heterocycles. The highest BCUT2D eigenvalue weighted by atomic mass is 16.6. The van der Waals surface area contributed by atoms with E-state index in [9.17, 15) is 9.90 Å². The minimum Gasteiger partial charge on any atom is -0.450 e. The van der Waals surface area contributed by atoms with Crippen molar-refractivity contribution in [1.82, 2.24) is 9.80 Å². The molecule has 1 aliphatic rings. The van der Waals surface area contributed by atoms with E-state index in [1.54, 1.807) is 11.8 Å². The van der Waals surface area contributed by atoms with Crippen molar-refractivity contribution in [3.8, 4) is 0 Å². The number of aliphatic hydroxyl groups is 1. The van der Waals surface area contributed by atoms with Gasteiger partial charge in [-0.2, -0.15) is 0 Å². The number of rotatable bonds is 4. The fraction of sp³-hybridized carbons (Fsp3) is 0.900. The van der Waals surface area contributed by atoms with Crippen LogP contribution in [0.5, 0.6) is 0 Å². The van der Waals surface area contributed by atoms with Crippen LogP contribution >= 0.6 is 0 Å². The topological polar surface area (TPSA) is 79.0 Å². The highest BCUT2D eigenvalue weighted by molar-refractivity contribution is 5.67. The second-order valence-electron chi connectivity index (χ2n) is 3.88. The second-order valence-corrected chi connectivity index (χ2v) is 3.88. The van der Waals surface area contributed by atoms with Crippen molar-refractivity contribution >= 4 is 6.09 Å². The van der Waals surface area contributed by atoms with Crippen molar-refractivity contribution in [2.24, 2.45) is 5.73 Å². The molecule has 0 saturated carbocycles. The molecule has 0 radical (unpaired) electrons. The molecule has 0 aromatic rings. The maximum atomic E-state index is 11.4. The third-order valence-corrected chi connectivity index (χ3v) is 2.64. The molecule has 16 heavy (non-hydrogen) atoms. The summed E-state index contributed by atoms with van der Waals surface area (Å²) in [6, 6.07) is 0. The molecule has 0 bridgehead atoms. The van der Waals surface area contributed by atoms with Crippen molar-refractivity contribution in [1.29, 1.82) is 0 Å². The fourth-order valence-corrected chi connectivity index (χ4v) is 1.70. The van der Waals surface area contributed by atoms with Crippen LogP contribution in [0.4, 0.5) is 4.79 Å². The average molecular weight is 231 g/mol. The Hall–Kier alpha value is -0.850. The Bertz CT molecular complexity index is 217. The number of ether oxygens (including phenoxy) is 1. The summed E-state index contributed by atoms with van der Waals surface area (Å²) in [4.78, 5) is 15.2. The van der Waals surface area contributed by atoms with E-state index in [2.05, 4.69) is 4.90 Å². The van der Waals surface area contributed by atoms with Crippen LogP contribution in [-0.2, 0) is 4.74 Å². The first-order valence-electron chi connectivity index (χ1n) is 5.69. The molecule has 0 aromatic heterocycles. The minimum absolute atomic E-state index is 0.249. The molecule has 1 fully saturated rings. The zero-order valence-electron chi connectivity index (χ0n) is 9.76. The second kappa shape index (κ2) is 6.67. The first-order valence-corrected chi connectivity index (χ1v) is 5.69. The molecule has 1 saturated heterocycles. The van der Waals surface area contributed by atoms with Gasteiger partial charge in [-0.05, 0) is 6.92 Å². The third-order valence-electron chi connectivity index (χ3n) is 2.64. The lowest BCUT2D eigenvalue weighted by Gasteiger charge is -2.34. The molecule has 6 heteroatoms. The SMILES string of the molecule is CCOC(=O)N1CCN(CC(O)CN)CC1. The Morgan fingerprint density at radius 2 is 2.06 bits per heavy atom. The van der Waals surface area contributed by atoms with Gasteiger partial charge in [0.1, 0.15) is 0 Å². The first-order chi connectivity index (χ1) is 7.67. The van der Waals surface area contributed by atoms with Gasteiger partial charge in [-0.3, -0.25) is 4.90 Å². The summed E-state index contributed by atoms with van der Waals surface area (Å²) in [5.74, 6) is 0. The lowest BCUT2D eigenvalue weighted by Crippen LogP contribution is -2.51. The highest BCUT2D eigenvalue weighted by Crippen LogP contribution is 2.04. The van der Waals surface area contributed by atoms with Gasteiger partial charge in [-0.15, -0.1) is 0 Å². The van der Waals surface area contributed by atoms with Gasteiger partial charge in [0.05, 0.1) is 12.7 Å². The lowest BCUT2D eigenvalue weighted by molar-refractivity contribution is 0.0601.